The van der Waals surface area contributed by atoms with Gasteiger partial charge >= 0.3 is 0 Å². The van der Waals surface area contributed by atoms with Gasteiger partial charge in [-0.15, -0.1) is 5.69 Å². The molecule has 0 heterocycles. The molecular weight excluding hydrogens is 298 g/mol. The normalized spacial score (nSPS) is 12.7. The zero-order chi connectivity index (χ0) is 16.2. The second-order valence-corrected chi connectivity index (χ2v) is 6.75. The minimum Gasteiger partial charge on any atom is -0.573 e. The number of ether oxygens (including phenoxy) is 1. The van der Waals surface area contributed by atoms with E-state index in [0.29, 0.717) is 17.4 Å². The van der Waals surface area contributed by atoms with Gasteiger partial charge in [-0.3, -0.25) is 0 Å². The monoisotopic (exact) mass is 318 g/mol. The highest BCUT2D eigenvalue weighted by atomic mass is 32.2. The molecule has 4 nitrogen and oxygen atoms in total. The Morgan fingerprint density at radius 2 is 1.64 bits per heavy atom. The highest BCUT2D eigenvalue weighted by Gasteiger charge is 2.06. The Bertz CT molecular complexity index is 707. The van der Waals surface area contributed by atoms with E-state index in [1.165, 1.54) is 24.8 Å². The molecule has 1 atom stereocenters. The van der Waals surface area contributed by atoms with Crippen LogP contribution < -0.4 is 4.74 Å². The van der Waals surface area contributed by atoms with Gasteiger partial charge in [0.15, 0.2) is 0 Å². The van der Waals surface area contributed by atoms with Crippen LogP contribution in [0.25, 0.3) is 4.72 Å². The van der Waals surface area contributed by atoms with Crippen LogP contribution in [0.4, 0.5) is 5.69 Å². The van der Waals surface area contributed by atoms with Crippen molar-refractivity contribution in [1.29, 1.82) is 0 Å². The first-order valence-electron chi connectivity index (χ1n) is 7.18. The van der Waals surface area contributed by atoms with E-state index >= 15 is 0 Å². The molecule has 1 unspecified atom stereocenters. The maximum atomic E-state index is 12.3. The number of sulfonamides is 1. The van der Waals surface area contributed by atoms with Crippen LogP contribution in [0, 0.1) is 0 Å². The molecule has 0 aliphatic carbocycles. The highest BCUT2D eigenvalue weighted by molar-refractivity contribution is 7.94. The molecule has 5 heteroatoms. The van der Waals surface area contributed by atoms with Gasteiger partial charge in [0.05, 0.1) is 12.0 Å². The van der Waals surface area contributed by atoms with Crippen LogP contribution in [0.15, 0.2) is 53.4 Å². The van der Waals surface area contributed by atoms with Gasteiger partial charge in [0.2, 0.25) is 0 Å². The number of methoxy groups -OCH3 is 1. The Hall–Kier alpha value is -2.01. The summed E-state index contributed by atoms with van der Waals surface area (Å²) in [5.41, 5.74) is 1.62. The fourth-order valence-electron chi connectivity index (χ4n) is 2.04. The molecule has 0 saturated carbocycles. The van der Waals surface area contributed by atoms with Crippen LogP contribution in [-0.2, 0) is 10.0 Å². The Morgan fingerprint density at radius 1 is 1.05 bits per heavy atom. The molecule has 0 fully saturated rings. The lowest BCUT2D eigenvalue weighted by Crippen LogP contribution is -1.98. The first kappa shape index (κ1) is 16.4. The van der Waals surface area contributed by atoms with Gasteiger partial charge in [-0.1, -0.05) is 38.1 Å². The molecule has 0 amide bonds. The Balaban J connectivity index is 2.17. The Morgan fingerprint density at radius 3 is 2.14 bits per heavy atom. The van der Waals surface area contributed by atoms with Crippen LogP contribution in [0.3, 0.4) is 0 Å². The minimum atomic E-state index is -3.71. The molecule has 0 N–H and O–H groups in total. The van der Waals surface area contributed by atoms with Gasteiger partial charge in [0, 0.05) is 0 Å². The van der Waals surface area contributed by atoms with Crippen LogP contribution in [0.2, 0.25) is 0 Å². The Labute approximate surface area is 132 Å². The standard InChI is InChI=1S/C17H20NO3S/c1-4-13(2)14-5-7-15(8-6-14)18-22(19,20)17-11-9-16(21-3)10-12-17/h5-13H,4H2,1-3H3/q-1. The van der Waals surface area contributed by atoms with E-state index < -0.39 is 10.0 Å². The molecule has 0 radical (unpaired) electrons. The summed E-state index contributed by atoms with van der Waals surface area (Å²) in [7, 11) is -2.17. The van der Waals surface area contributed by atoms with Crippen LogP contribution >= 0.6 is 0 Å². The van der Waals surface area contributed by atoms with Crippen LogP contribution in [-0.4, -0.2) is 15.5 Å². The average Bonchev–Trinajstić information content (AvgIpc) is 2.54. The average molecular weight is 318 g/mol. The maximum Gasteiger partial charge on any atom is 0.123 e. The topological polar surface area (TPSA) is 57.5 Å². The van der Waals surface area contributed by atoms with Gasteiger partial charge in [-0.25, -0.2) is 8.42 Å². The summed E-state index contributed by atoms with van der Waals surface area (Å²) in [6, 6.07) is 13.5. The van der Waals surface area contributed by atoms with Crippen LogP contribution in [0.5, 0.6) is 5.75 Å². The molecule has 0 aromatic heterocycles. The smallest absolute Gasteiger partial charge is 0.123 e. The van der Waals surface area contributed by atoms with E-state index in [-0.39, 0.29) is 4.90 Å². The van der Waals surface area contributed by atoms with Crippen molar-refractivity contribution in [3.05, 3.63) is 58.8 Å². The molecule has 0 aliphatic rings. The van der Waals surface area contributed by atoms with Crippen molar-refractivity contribution in [2.75, 3.05) is 7.11 Å². The lowest BCUT2D eigenvalue weighted by Gasteiger charge is -2.22. The summed E-state index contributed by atoms with van der Waals surface area (Å²) >= 11 is 0. The number of hydrogen-bond acceptors (Lipinski definition) is 3. The maximum absolute atomic E-state index is 12.3. The summed E-state index contributed by atoms with van der Waals surface area (Å²) in [4.78, 5) is 0.152. The van der Waals surface area contributed by atoms with E-state index in [2.05, 4.69) is 18.6 Å². The van der Waals surface area contributed by atoms with Crippen molar-refractivity contribution in [2.24, 2.45) is 0 Å². The number of rotatable bonds is 6. The molecule has 0 saturated heterocycles. The number of benzene rings is 2. The summed E-state index contributed by atoms with van der Waals surface area (Å²) in [6.07, 6.45) is 1.04. The summed E-state index contributed by atoms with van der Waals surface area (Å²) in [5.74, 6) is 1.06. The third kappa shape index (κ3) is 3.80. The van der Waals surface area contributed by atoms with Crippen molar-refractivity contribution in [3.8, 4) is 5.75 Å². The second-order valence-electron chi connectivity index (χ2n) is 5.14. The zero-order valence-electron chi connectivity index (χ0n) is 13.0. The molecule has 2 aromatic carbocycles. The molecule has 2 aromatic rings. The molecule has 118 valence electrons. The van der Waals surface area contributed by atoms with Crippen molar-refractivity contribution in [3.63, 3.8) is 0 Å². The lowest BCUT2D eigenvalue weighted by molar-refractivity contribution is 0.414. The Kier molecular flexibility index (Phi) is 5.08. The van der Waals surface area contributed by atoms with Crippen molar-refractivity contribution in [2.45, 2.75) is 31.1 Å². The molecule has 2 rings (SSSR count). The van der Waals surface area contributed by atoms with E-state index in [4.69, 9.17) is 4.74 Å². The third-order valence-corrected chi connectivity index (χ3v) is 4.98. The van der Waals surface area contributed by atoms with Crippen molar-refractivity contribution < 1.29 is 13.2 Å². The largest absolute Gasteiger partial charge is 0.573 e. The van der Waals surface area contributed by atoms with Gasteiger partial charge in [0.25, 0.3) is 0 Å². The molecule has 22 heavy (non-hydrogen) atoms. The van der Waals surface area contributed by atoms with E-state index in [0.717, 1.165) is 6.42 Å². The predicted molar refractivity (Wildman–Crippen MR) is 88.3 cm³/mol. The van der Waals surface area contributed by atoms with Gasteiger partial charge in [-0.2, -0.15) is 0 Å². The summed E-state index contributed by atoms with van der Waals surface area (Å²) in [6.45, 7) is 4.26. The fourth-order valence-corrected chi connectivity index (χ4v) is 3.02. The fraction of sp³-hybridized carbons (Fsp3) is 0.294. The zero-order valence-corrected chi connectivity index (χ0v) is 13.8. The summed E-state index contributed by atoms with van der Waals surface area (Å²) in [5, 5.41) is 0. The summed E-state index contributed by atoms with van der Waals surface area (Å²) < 4.78 is 33.4. The number of nitrogens with zero attached hydrogens (tertiary/aromatic N) is 1. The van der Waals surface area contributed by atoms with Gasteiger partial charge in [0.1, 0.15) is 15.8 Å². The highest BCUT2D eigenvalue weighted by Crippen LogP contribution is 2.30. The quantitative estimate of drug-likeness (QED) is 0.782. The molecular formula is C17H20NO3S-. The van der Waals surface area contributed by atoms with E-state index in [1.807, 2.05) is 12.1 Å². The SMILES string of the molecule is CCC(C)c1ccc([N-]S(=O)(=O)c2ccc(OC)cc2)cc1. The molecule has 0 spiro atoms. The first-order valence-corrected chi connectivity index (χ1v) is 8.62. The van der Waals surface area contributed by atoms with E-state index in [9.17, 15) is 8.42 Å². The molecule has 0 bridgehead atoms. The third-order valence-electron chi connectivity index (χ3n) is 3.66. The second kappa shape index (κ2) is 6.83. The van der Waals surface area contributed by atoms with Gasteiger partial charge < -0.3 is 9.46 Å². The predicted octanol–water partition coefficient (Wildman–Crippen LogP) is 4.60. The van der Waals surface area contributed by atoms with Crippen molar-refractivity contribution in [1.82, 2.24) is 0 Å². The minimum absolute atomic E-state index is 0.152. The van der Waals surface area contributed by atoms with Gasteiger partial charge in [-0.05, 0) is 42.2 Å². The lowest BCUT2D eigenvalue weighted by atomic mass is 9.99. The van der Waals surface area contributed by atoms with E-state index in [1.54, 1.807) is 24.3 Å². The number of hydrogen-bond donors (Lipinski definition) is 0. The van der Waals surface area contributed by atoms with Crippen LogP contribution in [0.1, 0.15) is 31.7 Å². The van der Waals surface area contributed by atoms with Crippen molar-refractivity contribution >= 4 is 15.7 Å². The first-order chi connectivity index (χ1) is 10.5. The molecule has 0 aliphatic heterocycles.